The van der Waals surface area contributed by atoms with E-state index in [2.05, 4.69) is 22.3 Å². The van der Waals surface area contributed by atoms with Crippen LogP contribution in [0.3, 0.4) is 0 Å². The van der Waals surface area contributed by atoms with Crippen LogP contribution in [0.1, 0.15) is 44.7 Å². The van der Waals surface area contributed by atoms with Gasteiger partial charge in [-0.1, -0.05) is 12.1 Å². The summed E-state index contributed by atoms with van der Waals surface area (Å²) in [7, 11) is 1.67. The topological polar surface area (TPSA) is 50.8 Å². The number of halogens is 1. The Morgan fingerprint density at radius 2 is 2.00 bits per heavy atom. The molecule has 5 nitrogen and oxygen atoms in total. The van der Waals surface area contributed by atoms with E-state index in [0.29, 0.717) is 5.88 Å². The smallest absolute Gasteiger partial charge is 0.407 e. The van der Waals surface area contributed by atoms with Gasteiger partial charge in [0.05, 0.1) is 13.0 Å². The van der Waals surface area contributed by atoms with Crippen LogP contribution in [0.25, 0.3) is 0 Å². The number of benzene rings is 1. The van der Waals surface area contributed by atoms with Crippen LogP contribution in [-0.2, 0) is 17.2 Å². The van der Waals surface area contributed by atoms with Crippen molar-refractivity contribution >= 4 is 17.7 Å². The Hall–Kier alpha value is -1.46. The second-order valence-electron chi connectivity index (χ2n) is 7.48. The Balaban J connectivity index is 1.81. The van der Waals surface area contributed by atoms with Gasteiger partial charge in [-0.3, -0.25) is 4.90 Å². The van der Waals surface area contributed by atoms with Crippen LogP contribution in [0.5, 0.6) is 5.75 Å². The molecule has 1 aromatic carbocycles. The molecule has 25 heavy (non-hydrogen) atoms. The van der Waals surface area contributed by atoms with Crippen molar-refractivity contribution in [2.75, 3.05) is 20.2 Å². The summed E-state index contributed by atoms with van der Waals surface area (Å²) in [5.41, 5.74) is 1.76. The Morgan fingerprint density at radius 1 is 1.32 bits per heavy atom. The van der Waals surface area contributed by atoms with Gasteiger partial charge in [0.25, 0.3) is 0 Å². The van der Waals surface area contributed by atoms with Crippen LogP contribution in [0.2, 0.25) is 0 Å². The first kappa shape index (κ1) is 19.9. The van der Waals surface area contributed by atoms with Crippen LogP contribution >= 0.6 is 11.6 Å². The molecule has 0 atom stereocenters. The summed E-state index contributed by atoms with van der Waals surface area (Å²) < 4.78 is 10.7. The monoisotopic (exact) mass is 368 g/mol. The Bertz CT molecular complexity index is 579. The van der Waals surface area contributed by atoms with Crippen molar-refractivity contribution in [2.24, 2.45) is 0 Å². The van der Waals surface area contributed by atoms with Gasteiger partial charge in [0, 0.05) is 31.2 Å². The molecule has 1 aliphatic rings. The fourth-order valence-corrected chi connectivity index (χ4v) is 3.19. The largest absolute Gasteiger partial charge is 0.496 e. The van der Waals surface area contributed by atoms with E-state index in [1.807, 2.05) is 26.8 Å². The standard InChI is InChI=1S/C19H29ClN2O3/c1-19(2,3)25-18(23)21-16-7-9-22(10-8-16)13-14-5-6-15(12-20)17(11-14)24-4/h5-6,11,16H,7-10,12-13H2,1-4H3,(H,21,23). The fraction of sp³-hybridized carbons (Fsp3) is 0.632. The van der Waals surface area contributed by atoms with Crippen molar-refractivity contribution in [3.8, 4) is 5.75 Å². The third kappa shape index (κ3) is 6.40. The highest BCUT2D eigenvalue weighted by molar-refractivity contribution is 6.17. The predicted octanol–water partition coefficient (Wildman–Crippen LogP) is 3.92. The second-order valence-corrected chi connectivity index (χ2v) is 7.74. The van der Waals surface area contributed by atoms with E-state index in [4.69, 9.17) is 21.1 Å². The first-order chi connectivity index (χ1) is 11.8. The number of nitrogens with zero attached hydrogens (tertiary/aromatic N) is 1. The number of likely N-dealkylation sites (tertiary alicyclic amines) is 1. The second kappa shape index (κ2) is 8.77. The van der Waals surface area contributed by atoms with Crippen LogP contribution in [0.4, 0.5) is 4.79 Å². The number of piperidine rings is 1. The lowest BCUT2D eigenvalue weighted by Crippen LogP contribution is -2.45. The van der Waals surface area contributed by atoms with E-state index in [1.165, 1.54) is 5.56 Å². The molecule has 1 aromatic rings. The molecule has 6 heteroatoms. The number of carbonyl (C=O) groups excluding carboxylic acids is 1. The van der Waals surface area contributed by atoms with Gasteiger partial charge < -0.3 is 14.8 Å². The first-order valence-corrected chi connectivity index (χ1v) is 9.28. The molecule has 1 aliphatic heterocycles. The minimum Gasteiger partial charge on any atom is -0.496 e. The van der Waals surface area contributed by atoms with Gasteiger partial charge in [-0.05, 0) is 45.2 Å². The molecule has 140 valence electrons. The number of alkyl halides is 1. The molecular formula is C19H29ClN2O3. The van der Waals surface area contributed by atoms with E-state index in [9.17, 15) is 4.79 Å². The van der Waals surface area contributed by atoms with Crippen molar-refractivity contribution in [3.05, 3.63) is 29.3 Å². The van der Waals surface area contributed by atoms with E-state index in [0.717, 1.165) is 43.8 Å². The van der Waals surface area contributed by atoms with Gasteiger partial charge in [0.15, 0.2) is 0 Å². The first-order valence-electron chi connectivity index (χ1n) is 8.74. The third-order valence-electron chi connectivity index (χ3n) is 4.21. The maximum absolute atomic E-state index is 11.9. The zero-order chi connectivity index (χ0) is 18.4. The summed E-state index contributed by atoms with van der Waals surface area (Å²) in [4.78, 5) is 14.3. The molecule has 1 N–H and O–H groups in total. The number of hydrogen-bond donors (Lipinski definition) is 1. The van der Waals surface area contributed by atoms with Crippen molar-refractivity contribution in [2.45, 2.75) is 57.7 Å². The molecular weight excluding hydrogens is 340 g/mol. The lowest BCUT2D eigenvalue weighted by molar-refractivity contribution is 0.0477. The molecule has 0 aliphatic carbocycles. The highest BCUT2D eigenvalue weighted by Gasteiger charge is 2.23. The van der Waals surface area contributed by atoms with Crippen LogP contribution in [0, 0.1) is 0 Å². The molecule has 0 saturated carbocycles. The summed E-state index contributed by atoms with van der Waals surface area (Å²) in [6, 6.07) is 6.37. The molecule has 0 unspecified atom stereocenters. The van der Waals surface area contributed by atoms with Gasteiger partial charge in [-0.25, -0.2) is 4.79 Å². The summed E-state index contributed by atoms with van der Waals surface area (Å²) in [5, 5.41) is 2.97. The van der Waals surface area contributed by atoms with E-state index in [1.54, 1.807) is 7.11 Å². The number of nitrogens with one attached hydrogen (secondary N) is 1. The lowest BCUT2D eigenvalue weighted by atomic mass is 10.0. The van der Waals surface area contributed by atoms with Crippen LogP contribution in [-0.4, -0.2) is 42.8 Å². The van der Waals surface area contributed by atoms with E-state index in [-0.39, 0.29) is 12.1 Å². The van der Waals surface area contributed by atoms with Crippen molar-refractivity contribution < 1.29 is 14.3 Å². The normalized spacial score (nSPS) is 16.5. The molecule has 1 fully saturated rings. The zero-order valence-corrected chi connectivity index (χ0v) is 16.4. The van der Waals surface area contributed by atoms with Crippen LogP contribution < -0.4 is 10.1 Å². The SMILES string of the molecule is COc1cc(CN2CCC(NC(=O)OC(C)(C)C)CC2)ccc1CCl. The third-order valence-corrected chi connectivity index (χ3v) is 4.50. The van der Waals surface area contributed by atoms with Gasteiger partial charge in [-0.15, -0.1) is 11.6 Å². The molecule has 1 amide bonds. The van der Waals surface area contributed by atoms with Crippen molar-refractivity contribution in [3.63, 3.8) is 0 Å². The zero-order valence-electron chi connectivity index (χ0n) is 15.6. The number of carbonyl (C=O) groups is 1. The minimum atomic E-state index is -0.459. The number of alkyl carbamates (subject to hydrolysis) is 1. The predicted molar refractivity (Wildman–Crippen MR) is 100 cm³/mol. The molecule has 0 spiro atoms. The van der Waals surface area contributed by atoms with Gasteiger partial charge in [0.2, 0.25) is 0 Å². The highest BCUT2D eigenvalue weighted by atomic mass is 35.5. The average Bonchev–Trinajstić information content (AvgIpc) is 2.54. The summed E-state index contributed by atoms with van der Waals surface area (Å²) >= 11 is 5.92. The number of amides is 1. The highest BCUT2D eigenvalue weighted by Crippen LogP contribution is 2.23. The lowest BCUT2D eigenvalue weighted by Gasteiger charge is -2.33. The summed E-state index contributed by atoms with van der Waals surface area (Å²) in [6.45, 7) is 8.38. The summed E-state index contributed by atoms with van der Waals surface area (Å²) in [6.07, 6.45) is 1.53. The number of rotatable bonds is 5. The van der Waals surface area contributed by atoms with Crippen molar-refractivity contribution in [1.82, 2.24) is 10.2 Å². The van der Waals surface area contributed by atoms with Gasteiger partial charge in [-0.2, -0.15) is 0 Å². The number of ether oxygens (including phenoxy) is 2. The maximum atomic E-state index is 11.9. The molecule has 0 aromatic heterocycles. The van der Waals surface area contributed by atoms with Crippen LogP contribution in [0.15, 0.2) is 18.2 Å². The average molecular weight is 369 g/mol. The minimum absolute atomic E-state index is 0.180. The Kier molecular flexibility index (Phi) is 6.96. The molecule has 0 radical (unpaired) electrons. The van der Waals surface area contributed by atoms with E-state index < -0.39 is 5.60 Å². The fourth-order valence-electron chi connectivity index (χ4n) is 2.97. The van der Waals surface area contributed by atoms with E-state index >= 15 is 0 Å². The number of hydrogen-bond acceptors (Lipinski definition) is 4. The van der Waals surface area contributed by atoms with Gasteiger partial charge in [0.1, 0.15) is 11.4 Å². The quantitative estimate of drug-likeness (QED) is 0.800. The molecule has 0 bridgehead atoms. The molecule has 1 saturated heterocycles. The van der Waals surface area contributed by atoms with Crippen molar-refractivity contribution in [1.29, 1.82) is 0 Å². The summed E-state index contributed by atoms with van der Waals surface area (Å²) in [5.74, 6) is 1.29. The number of methoxy groups -OCH3 is 1. The Morgan fingerprint density at radius 3 is 2.56 bits per heavy atom. The maximum Gasteiger partial charge on any atom is 0.407 e. The molecule has 1 heterocycles. The molecule has 2 rings (SSSR count). The Labute approximate surface area is 155 Å². The van der Waals surface area contributed by atoms with Gasteiger partial charge >= 0.3 is 6.09 Å².